The average Bonchev–Trinajstić information content (AvgIpc) is 2.65. The molecule has 0 aliphatic heterocycles. The van der Waals surface area contributed by atoms with Crippen LogP contribution in [-0.2, 0) is 35.5 Å². The van der Waals surface area contributed by atoms with E-state index in [1.807, 2.05) is 38.1 Å². The minimum Gasteiger partial charge on any atom is -0.344 e. The van der Waals surface area contributed by atoms with Gasteiger partial charge < -0.3 is 10.6 Å². The van der Waals surface area contributed by atoms with Gasteiger partial charge in [-0.1, -0.05) is 61.4 Å². The highest BCUT2D eigenvalue weighted by atomic mass is 16.2. The van der Waals surface area contributed by atoms with Gasteiger partial charge in [0.25, 0.3) is 0 Å². The summed E-state index contributed by atoms with van der Waals surface area (Å²) in [7, 11) is 0. The van der Waals surface area contributed by atoms with Gasteiger partial charge in [0.05, 0.1) is 0 Å². The Morgan fingerprint density at radius 2 is 1.08 bits per heavy atom. The molecule has 0 bridgehead atoms. The van der Waals surface area contributed by atoms with Crippen molar-refractivity contribution in [2.75, 3.05) is 0 Å². The summed E-state index contributed by atoms with van der Waals surface area (Å²) < 4.78 is 0. The van der Waals surface area contributed by atoms with Crippen LogP contribution in [0.1, 0.15) is 47.2 Å². The molecule has 4 nitrogen and oxygen atoms in total. The van der Waals surface area contributed by atoms with Crippen LogP contribution in [0.5, 0.6) is 0 Å². The summed E-state index contributed by atoms with van der Waals surface area (Å²) in [6, 6.07) is 12.3. The Balaban J connectivity index is 1.91. The third kappa shape index (κ3) is 5.19. The molecule has 0 spiro atoms. The summed E-state index contributed by atoms with van der Waals surface area (Å²) >= 11 is 0. The number of nitrogens with one attached hydrogen (secondary N) is 2. The van der Waals surface area contributed by atoms with Gasteiger partial charge in [-0.25, -0.2) is 0 Å². The monoisotopic (exact) mass is 352 g/mol. The number of benzene rings is 2. The van der Waals surface area contributed by atoms with Crippen molar-refractivity contribution in [3.05, 3.63) is 69.8 Å². The van der Waals surface area contributed by atoms with Crippen molar-refractivity contribution in [2.24, 2.45) is 0 Å². The lowest BCUT2D eigenvalue weighted by molar-refractivity contribution is -0.139. The Morgan fingerprint density at radius 3 is 1.42 bits per heavy atom. The molecule has 2 aromatic carbocycles. The molecule has 0 atom stereocenters. The van der Waals surface area contributed by atoms with E-state index >= 15 is 0 Å². The van der Waals surface area contributed by atoms with E-state index in [-0.39, 0.29) is 0 Å². The molecule has 0 saturated heterocycles. The molecule has 0 heterocycles. The number of amides is 2. The normalized spacial score (nSPS) is 10.5. The number of hydrogen-bond acceptors (Lipinski definition) is 2. The topological polar surface area (TPSA) is 58.2 Å². The summed E-state index contributed by atoms with van der Waals surface area (Å²) in [5.41, 5.74) is 6.87. The maximum absolute atomic E-state index is 12.1. The summed E-state index contributed by atoms with van der Waals surface area (Å²) in [6.07, 6.45) is 1.79. The average molecular weight is 352 g/mol. The fraction of sp³-hybridized carbons (Fsp3) is 0.364. The highest BCUT2D eigenvalue weighted by Crippen LogP contribution is 2.13. The van der Waals surface area contributed by atoms with E-state index in [9.17, 15) is 9.59 Å². The van der Waals surface area contributed by atoms with Crippen molar-refractivity contribution >= 4 is 11.8 Å². The lowest BCUT2D eigenvalue weighted by Crippen LogP contribution is -2.39. The Morgan fingerprint density at radius 1 is 0.692 bits per heavy atom. The largest absolute Gasteiger partial charge is 0.344 e. The molecule has 2 rings (SSSR count). The number of rotatable bonds is 6. The zero-order valence-corrected chi connectivity index (χ0v) is 16.1. The van der Waals surface area contributed by atoms with E-state index in [1.54, 1.807) is 0 Å². The van der Waals surface area contributed by atoms with E-state index in [4.69, 9.17) is 0 Å². The van der Waals surface area contributed by atoms with Crippen LogP contribution in [0.2, 0.25) is 0 Å². The molecular weight excluding hydrogens is 324 g/mol. The van der Waals surface area contributed by atoms with Crippen molar-refractivity contribution in [3.8, 4) is 0 Å². The molecule has 0 aliphatic carbocycles. The lowest BCUT2D eigenvalue weighted by atomic mass is 10.0. The smallest absolute Gasteiger partial charge is 0.309 e. The number of hydrogen-bond donors (Lipinski definition) is 2. The van der Waals surface area contributed by atoms with Crippen molar-refractivity contribution in [2.45, 2.75) is 53.6 Å². The van der Waals surface area contributed by atoms with Gasteiger partial charge in [0.1, 0.15) is 0 Å². The molecule has 138 valence electrons. The van der Waals surface area contributed by atoms with Crippen LogP contribution in [0.4, 0.5) is 0 Å². The molecule has 0 fully saturated rings. The van der Waals surface area contributed by atoms with Gasteiger partial charge >= 0.3 is 11.8 Å². The van der Waals surface area contributed by atoms with Crippen LogP contribution in [0.25, 0.3) is 0 Å². The highest BCUT2D eigenvalue weighted by Gasteiger charge is 2.14. The van der Waals surface area contributed by atoms with Gasteiger partial charge in [0, 0.05) is 13.1 Å². The third-order valence-electron chi connectivity index (χ3n) is 4.57. The van der Waals surface area contributed by atoms with Crippen LogP contribution in [0, 0.1) is 13.8 Å². The summed E-state index contributed by atoms with van der Waals surface area (Å²) in [6.45, 7) is 8.98. The summed E-state index contributed by atoms with van der Waals surface area (Å²) in [5.74, 6) is -1.20. The molecule has 4 heteroatoms. The van der Waals surface area contributed by atoms with E-state index in [2.05, 4.69) is 36.6 Å². The Bertz CT molecular complexity index is 729. The van der Waals surface area contributed by atoms with E-state index < -0.39 is 11.8 Å². The zero-order valence-electron chi connectivity index (χ0n) is 16.1. The molecule has 0 saturated carbocycles. The predicted octanol–water partition coefficient (Wildman–Crippen LogP) is 3.36. The van der Waals surface area contributed by atoms with Gasteiger partial charge in [-0.3, -0.25) is 9.59 Å². The Hall–Kier alpha value is -2.62. The fourth-order valence-electron chi connectivity index (χ4n) is 3.02. The zero-order chi connectivity index (χ0) is 19.1. The van der Waals surface area contributed by atoms with Gasteiger partial charge in [-0.15, -0.1) is 0 Å². The molecule has 0 aliphatic rings. The lowest BCUT2D eigenvalue weighted by Gasteiger charge is -2.12. The van der Waals surface area contributed by atoms with Crippen LogP contribution >= 0.6 is 0 Å². The number of carbonyl (C=O) groups excluding carboxylic acids is 2. The van der Waals surface area contributed by atoms with Gasteiger partial charge in [-0.05, 0) is 48.9 Å². The van der Waals surface area contributed by atoms with Crippen molar-refractivity contribution in [3.63, 3.8) is 0 Å². The summed E-state index contributed by atoms with van der Waals surface area (Å²) in [5, 5.41) is 5.43. The minimum atomic E-state index is -0.599. The fourth-order valence-corrected chi connectivity index (χ4v) is 3.02. The summed E-state index contributed by atoms with van der Waals surface area (Å²) in [4.78, 5) is 24.2. The van der Waals surface area contributed by atoms with Crippen molar-refractivity contribution in [1.29, 1.82) is 0 Å². The van der Waals surface area contributed by atoms with Gasteiger partial charge in [0.15, 0.2) is 0 Å². The standard InChI is InChI=1S/C22H28N2O2/c1-5-17-11-15(3)7-9-19(17)13-23-21(25)22(26)24-14-20-10-8-16(4)12-18(20)6-2/h7-12H,5-6,13-14H2,1-4H3,(H,23,25)(H,24,26). The van der Waals surface area contributed by atoms with Gasteiger partial charge in [-0.2, -0.15) is 0 Å². The van der Waals surface area contributed by atoms with Crippen LogP contribution in [0.3, 0.4) is 0 Å². The molecule has 2 aromatic rings. The first-order chi connectivity index (χ1) is 12.4. The maximum atomic E-state index is 12.1. The SMILES string of the molecule is CCc1cc(C)ccc1CNC(=O)C(=O)NCc1ccc(C)cc1CC. The molecule has 0 aromatic heterocycles. The maximum Gasteiger partial charge on any atom is 0.309 e. The minimum absolute atomic E-state index is 0.362. The van der Waals surface area contributed by atoms with Crippen LogP contribution < -0.4 is 10.6 Å². The van der Waals surface area contributed by atoms with Crippen LogP contribution in [0.15, 0.2) is 36.4 Å². The molecule has 0 unspecified atom stereocenters. The second-order valence-electron chi connectivity index (χ2n) is 6.62. The molecule has 2 amide bonds. The molecule has 2 N–H and O–H groups in total. The van der Waals surface area contributed by atoms with Gasteiger partial charge in [0.2, 0.25) is 0 Å². The van der Waals surface area contributed by atoms with E-state index in [0.29, 0.717) is 13.1 Å². The number of carbonyl (C=O) groups is 2. The molecule has 0 radical (unpaired) electrons. The quantitative estimate of drug-likeness (QED) is 0.783. The second-order valence-corrected chi connectivity index (χ2v) is 6.62. The molecule has 26 heavy (non-hydrogen) atoms. The third-order valence-corrected chi connectivity index (χ3v) is 4.57. The Labute approximate surface area is 156 Å². The Kier molecular flexibility index (Phi) is 6.96. The first-order valence-electron chi connectivity index (χ1n) is 9.17. The highest BCUT2D eigenvalue weighted by molar-refractivity contribution is 6.35. The van der Waals surface area contributed by atoms with Crippen LogP contribution in [-0.4, -0.2) is 11.8 Å². The molecular formula is C22H28N2O2. The first kappa shape index (κ1) is 19.7. The first-order valence-corrected chi connectivity index (χ1v) is 9.17. The van der Waals surface area contributed by atoms with E-state index in [1.165, 1.54) is 22.3 Å². The van der Waals surface area contributed by atoms with Crippen molar-refractivity contribution in [1.82, 2.24) is 10.6 Å². The van der Waals surface area contributed by atoms with E-state index in [0.717, 1.165) is 24.0 Å². The number of aryl methyl sites for hydroxylation is 4. The van der Waals surface area contributed by atoms with Crippen molar-refractivity contribution < 1.29 is 9.59 Å². The predicted molar refractivity (Wildman–Crippen MR) is 105 cm³/mol. The second kappa shape index (κ2) is 9.18.